The molecule has 1 amide bonds. The van der Waals surface area contributed by atoms with E-state index in [1.54, 1.807) is 37.4 Å². The highest BCUT2D eigenvalue weighted by atomic mass is 16.5. The molecule has 0 aliphatic carbocycles. The number of ether oxygens (including phenoxy) is 2. The molecule has 2 aromatic rings. The van der Waals surface area contributed by atoms with Gasteiger partial charge in [-0.05, 0) is 49.7 Å². The Hall–Kier alpha value is -3.00. The van der Waals surface area contributed by atoms with Gasteiger partial charge in [-0.1, -0.05) is 12.1 Å². The molecule has 0 aliphatic rings. The maximum atomic E-state index is 12.4. The molecule has 0 aliphatic heterocycles. The molecule has 0 unspecified atom stereocenters. The summed E-state index contributed by atoms with van der Waals surface area (Å²) in [5.74, 6) is 0.816. The van der Waals surface area contributed by atoms with Crippen LogP contribution in [0.1, 0.15) is 29.8 Å². The molecule has 0 radical (unpaired) electrons. The largest absolute Gasteiger partial charge is 0.493 e. The lowest BCUT2D eigenvalue weighted by Gasteiger charge is -2.16. The lowest BCUT2D eigenvalue weighted by molar-refractivity contribution is 0.102. The molecule has 0 saturated carbocycles. The van der Waals surface area contributed by atoms with Crippen LogP contribution in [0.4, 0.5) is 5.69 Å². The monoisotopic (exact) mass is 324 g/mol. The summed E-state index contributed by atoms with van der Waals surface area (Å²) < 4.78 is 10.4. The van der Waals surface area contributed by atoms with E-state index in [9.17, 15) is 4.79 Å². The third kappa shape index (κ3) is 3.66. The zero-order valence-electron chi connectivity index (χ0n) is 14.2. The summed E-state index contributed by atoms with van der Waals surface area (Å²) >= 11 is 0. The van der Waals surface area contributed by atoms with Crippen molar-refractivity contribution in [3.05, 3.63) is 53.6 Å². The number of nitrogens with one attached hydrogen (secondary N) is 1. The highest BCUT2D eigenvalue weighted by molar-refractivity contribution is 6.04. The van der Waals surface area contributed by atoms with Gasteiger partial charge in [0.15, 0.2) is 11.5 Å². The van der Waals surface area contributed by atoms with Gasteiger partial charge >= 0.3 is 0 Å². The minimum atomic E-state index is -0.564. The number of carbonyl (C=O) groups excluding carboxylic acids is 1. The van der Waals surface area contributed by atoms with Crippen molar-refractivity contribution >= 4 is 11.6 Å². The first-order valence-corrected chi connectivity index (χ1v) is 7.46. The second kappa shape index (κ2) is 7.05. The molecular weight excluding hydrogens is 304 g/mol. The summed E-state index contributed by atoms with van der Waals surface area (Å²) in [4.78, 5) is 12.4. The van der Waals surface area contributed by atoms with Gasteiger partial charge in [0, 0.05) is 11.3 Å². The second-order valence-corrected chi connectivity index (χ2v) is 5.84. The van der Waals surface area contributed by atoms with E-state index < -0.39 is 5.41 Å². The highest BCUT2D eigenvalue weighted by Gasteiger charge is 2.19. The summed E-state index contributed by atoms with van der Waals surface area (Å²) in [6, 6.07) is 14.5. The third-order valence-electron chi connectivity index (χ3n) is 3.79. The van der Waals surface area contributed by atoms with Gasteiger partial charge in [0.05, 0.1) is 25.7 Å². The van der Waals surface area contributed by atoms with E-state index >= 15 is 0 Å². The zero-order valence-corrected chi connectivity index (χ0v) is 14.2. The van der Waals surface area contributed by atoms with E-state index in [4.69, 9.17) is 14.7 Å². The summed E-state index contributed by atoms with van der Waals surface area (Å²) in [5, 5.41) is 12.0. The molecule has 2 aromatic carbocycles. The Morgan fingerprint density at radius 3 is 2.21 bits per heavy atom. The fourth-order valence-corrected chi connectivity index (χ4v) is 2.22. The van der Waals surface area contributed by atoms with Crippen molar-refractivity contribution in [3.8, 4) is 17.6 Å². The van der Waals surface area contributed by atoms with Crippen LogP contribution in [0.15, 0.2) is 42.5 Å². The Morgan fingerprint density at radius 1 is 1.04 bits per heavy atom. The van der Waals surface area contributed by atoms with Gasteiger partial charge in [-0.25, -0.2) is 0 Å². The van der Waals surface area contributed by atoms with Crippen LogP contribution in [0.3, 0.4) is 0 Å². The quantitative estimate of drug-likeness (QED) is 0.909. The van der Waals surface area contributed by atoms with Gasteiger partial charge in [0.2, 0.25) is 0 Å². The van der Waals surface area contributed by atoms with Crippen molar-refractivity contribution in [2.24, 2.45) is 0 Å². The van der Waals surface area contributed by atoms with Gasteiger partial charge in [-0.3, -0.25) is 4.79 Å². The number of nitriles is 1. The Morgan fingerprint density at radius 2 is 1.67 bits per heavy atom. The number of hydrogen-bond acceptors (Lipinski definition) is 4. The number of nitrogens with zero attached hydrogens (tertiary/aromatic N) is 1. The number of anilines is 1. The van der Waals surface area contributed by atoms with Gasteiger partial charge in [0.25, 0.3) is 5.91 Å². The van der Waals surface area contributed by atoms with Gasteiger partial charge in [-0.15, -0.1) is 0 Å². The first kappa shape index (κ1) is 17.4. The Bertz CT molecular complexity index is 774. The van der Waals surface area contributed by atoms with E-state index in [1.807, 2.05) is 26.0 Å². The Labute approximate surface area is 141 Å². The number of amides is 1. The Kier molecular flexibility index (Phi) is 5.10. The molecule has 124 valence electrons. The van der Waals surface area contributed by atoms with E-state index in [1.165, 1.54) is 7.11 Å². The lowest BCUT2D eigenvalue weighted by Crippen LogP contribution is -2.15. The van der Waals surface area contributed by atoms with E-state index in [2.05, 4.69) is 11.4 Å². The van der Waals surface area contributed by atoms with Crippen molar-refractivity contribution in [1.29, 1.82) is 5.26 Å². The molecule has 2 rings (SSSR count). The van der Waals surface area contributed by atoms with Crippen molar-refractivity contribution in [1.82, 2.24) is 0 Å². The van der Waals surface area contributed by atoms with Crippen molar-refractivity contribution < 1.29 is 14.3 Å². The number of methoxy groups -OCH3 is 2. The maximum absolute atomic E-state index is 12.4. The van der Waals surface area contributed by atoms with Crippen LogP contribution < -0.4 is 14.8 Å². The van der Waals surface area contributed by atoms with Crippen LogP contribution in [-0.2, 0) is 5.41 Å². The molecule has 0 heterocycles. The highest BCUT2D eigenvalue weighted by Crippen LogP contribution is 2.28. The average molecular weight is 324 g/mol. The van der Waals surface area contributed by atoms with Crippen molar-refractivity contribution in [2.75, 3.05) is 19.5 Å². The van der Waals surface area contributed by atoms with Gasteiger partial charge in [-0.2, -0.15) is 5.26 Å². The molecule has 0 atom stereocenters. The van der Waals surface area contributed by atoms with Crippen molar-refractivity contribution in [2.45, 2.75) is 19.3 Å². The molecule has 5 nitrogen and oxygen atoms in total. The standard InChI is InChI=1S/C19H20N2O3/c1-19(2,12-20)14-6-8-15(9-7-14)21-18(22)13-5-10-16(23-3)17(11-13)24-4/h5-11H,1-4H3,(H,21,22). The average Bonchev–Trinajstić information content (AvgIpc) is 2.61. The summed E-state index contributed by atoms with van der Waals surface area (Å²) in [5.41, 5.74) is 1.46. The molecule has 0 saturated heterocycles. The lowest BCUT2D eigenvalue weighted by atomic mass is 9.86. The summed E-state index contributed by atoms with van der Waals surface area (Å²) in [6.07, 6.45) is 0. The number of carbonyl (C=O) groups is 1. The van der Waals surface area contributed by atoms with Crippen LogP contribution in [0.2, 0.25) is 0 Å². The minimum Gasteiger partial charge on any atom is -0.493 e. The topological polar surface area (TPSA) is 71.3 Å². The van der Waals surface area contributed by atoms with Crippen LogP contribution in [-0.4, -0.2) is 20.1 Å². The molecular formula is C19H20N2O3. The van der Waals surface area contributed by atoms with Gasteiger partial charge < -0.3 is 14.8 Å². The van der Waals surface area contributed by atoms with Crippen LogP contribution in [0.5, 0.6) is 11.5 Å². The molecule has 0 aromatic heterocycles. The predicted octanol–water partition coefficient (Wildman–Crippen LogP) is 3.76. The molecule has 24 heavy (non-hydrogen) atoms. The third-order valence-corrected chi connectivity index (χ3v) is 3.79. The maximum Gasteiger partial charge on any atom is 0.255 e. The smallest absolute Gasteiger partial charge is 0.255 e. The number of rotatable bonds is 5. The van der Waals surface area contributed by atoms with E-state index in [0.29, 0.717) is 22.7 Å². The SMILES string of the molecule is COc1ccc(C(=O)Nc2ccc(C(C)(C)C#N)cc2)cc1OC. The first-order valence-electron chi connectivity index (χ1n) is 7.46. The first-order chi connectivity index (χ1) is 11.4. The van der Waals surface area contributed by atoms with Gasteiger partial charge in [0.1, 0.15) is 0 Å². The predicted molar refractivity (Wildman–Crippen MR) is 92.6 cm³/mol. The number of benzene rings is 2. The summed E-state index contributed by atoms with van der Waals surface area (Å²) in [7, 11) is 3.07. The fourth-order valence-electron chi connectivity index (χ4n) is 2.22. The molecule has 0 fully saturated rings. The van der Waals surface area contributed by atoms with E-state index in [0.717, 1.165) is 5.56 Å². The van der Waals surface area contributed by atoms with Crippen LogP contribution in [0, 0.1) is 11.3 Å². The minimum absolute atomic E-state index is 0.247. The normalized spacial score (nSPS) is 10.6. The summed E-state index contributed by atoms with van der Waals surface area (Å²) in [6.45, 7) is 3.70. The molecule has 0 bridgehead atoms. The van der Waals surface area contributed by atoms with Crippen molar-refractivity contribution in [3.63, 3.8) is 0 Å². The van der Waals surface area contributed by atoms with Crippen LogP contribution in [0.25, 0.3) is 0 Å². The molecule has 1 N–H and O–H groups in total. The van der Waals surface area contributed by atoms with Crippen LogP contribution >= 0.6 is 0 Å². The Balaban J connectivity index is 2.17. The zero-order chi connectivity index (χ0) is 17.7. The second-order valence-electron chi connectivity index (χ2n) is 5.84. The molecule has 0 spiro atoms. The fraction of sp³-hybridized carbons (Fsp3) is 0.263. The number of hydrogen-bond donors (Lipinski definition) is 1. The molecule has 5 heteroatoms. The van der Waals surface area contributed by atoms with E-state index in [-0.39, 0.29) is 5.91 Å².